The van der Waals surface area contributed by atoms with Crippen LogP contribution in [0, 0.1) is 18.3 Å². The zero-order chi connectivity index (χ0) is 13.1. The highest BCUT2D eigenvalue weighted by atomic mass is 35.5. The average Bonchev–Trinajstić information content (AvgIpc) is 2.83. The number of rotatable bonds is 2. The molecular formula is C12H11ClN4S. The van der Waals surface area contributed by atoms with Gasteiger partial charge >= 0.3 is 0 Å². The molecule has 2 heterocycles. The molecule has 6 heteroatoms. The zero-order valence-corrected chi connectivity index (χ0v) is 11.6. The lowest BCUT2D eigenvalue weighted by atomic mass is 10.1. The zero-order valence-electron chi connectivity index (χ0n) is 9.99. The second kappa shape index (κ2) is 5.42. The van der Waals surface area contributed by atoms with E-state index in [1.54, 1.807) is 6.20 Å². The second-order valence-corrected chi connectivity index (χ2v) is 4.94. The van der Waals surface area contributed by atoms with Gasteiger partial charge in [0.05, 0.1) is 10.7 Å². The Kier molecular flexibility index (Phi) is 3.90. The van der Waals surface area contributed by atoms with Crippen LogP contribution in [0.4, 0.5) is 0 Å². The van der Waals surface area contributed by atoms with Crippen molar-refractivity contribution < 1.29 is 0 Å². The molecule has 0 aromatic carbocycles. The first-order valence-corrected chi connectivity index (χ1v) is 6.68. The SMILES string of the molecule is CCC1=CSC(=C(C#N)c2nc(Cl)ncc2C)N1. The van der Waals surface area contributed by atoms with Crippen LogP contribution in [0.1, 0.15) is 24.6 Å². The molecule has 0 spiro atoms. The number of thioether (sulfide) groups is 1. The molecule has 0 radical (unpaired) electrons. The summed E-state index contributed by atoms with van der Waals surface area (Å²) >= 11 is 7.28. The standard InChI is InChI=1S/C12H11ClN4S/c1-3-8-6-18-11(16-8)9(4-14)10-7(2)5-15-12(13)17-10/h5-6,16H,3H2,1-2H3. The second-order valence-electron chi connectivity index (χ2n) is 3.73. The molecule has 18 heavy (non-hydrogen) atoms. The van der Waals surface area contributed by atoms with E-state index in [1.807, 2.05) is 12.3 Å². The Morgan fingerprint density at radius 3 is 3.00 bits per heavy atom. The van der Waals surface area contributed by atoms with E-state index in [4.69, 9.17) is 11.6 Å². The van der Waals surface area contributed by atoms with Crippen LogP contribution in [0.15, 0.2) is 22.3 Å². The van der Waals surface area contributed by atoms with Crippen LogP contribution in [-0.2, 0) is 0 Å². The molecule has 0 saturated carbocycles. The summed E-state index contributed by atoms with van der Waals surface area (Å²) in [6.07, 6.45) is 2.52. The van der Waals surface area contributed by atoms with Crippen molar-refractivity contribution in [2.24, 2.45) is 0 Å². The molecule has 0 unspecified atom stereocenters. The maximum Gasteiger partial charge on any atom is 0.222 e. The first-order chi connectivity index (χ1) is 8.65. The predicted molar refractivity (Wildman–Crippen MR) is 73.4 cm³/mol. The summed E-state index contributed by atoms with van der Waals surface area (Å²) < 4.78 is 0. The summed E-state index contributed by atoms with van der Waals surface area (Å²) in [5.74, 6) is 0. The van der Waals surface area contributed by atoms with Crippen molar-refractivity contribution >= 4 is 28.9 Å². The Morgan fingerprint density at radius 2 is 2.39 bits per heavy atom. The first-order valence-electron chi connectivity index (χ1n) is 5.42. The van der Waals surface area contributed by atoms with E-state index in [1.165, 1.54) is 11.8 Å². The largest absolute Gasteiger partial charge is 0.352 e. The summed E-state index contributed by atoms with van der Waals surface area (Å²) in [6.45, 7) is 3.92. The van der Waals surface area contributed by atoms with E-state index in [9.17, 15) is 5.26 Å². The van der Waals surface area contributed by atoms with Crippen LogP contribution in [0.25, 0.3) is 5.57 Å². The maximum atomic E-state index is 9.33. The van der Waals surface area contributed by atoms with Crippen molar-refractivity contribution in [1.29, 1.82) is 5.26 Å². The van der Waals surface area contributed by atoms with Gasteiger partial charge in [0.15, 0.2) is 0 Å². The fourth-order valence-corrected chi connectivity index (χ4v) is 2.58. The van der Waals surface area contributed by atoms with Gasteiger partial charge in [-0.15, -0.1) is 0 Å². The molecule has 0 atom stereocenters. The number of allylic oxidation sites excluding steroid dienone is 2. The number of halogens is 1. The van der Waals surface area contributed by atoms with Gasteiger partial charge in [-0.2, -0.15) is 5.26 Å². The monoisotopic (exact) mass is 278 g/mol. The fourth-order valence-electron chi connectivity index (χ4n) is 1.51. The Hall–Kier alpha value is -1.51. The van der Waals surface area contributed by atoms with Crippen LogP contribution in [0.2, 0.25) is 5.28 Å². The summed E-state index contributed by atoms with van der Waals surface area (Å²) in [5, 5.41) is 15.5. The summed E-state index contributed by atoms with van der Waals surface area (Å²) in [7, 11) is 0. The number of nitrogens with one attached hydrogen (secondary N) is 1. The van der Waals surface area contributed by atoms with Gasteiger partial charge in [0.1, 0.15) is 11.6 Å². The van der Waals surface area contributed by atoms with E-state index >= 15 is 0 Å². The van der Waals surface area contributed by atoms with E-state index in [0.717, 1.165) is 22.7 Å². The Balaban J connectivity index is 2.45. The van der Waals surface area contributed by atoms with Crippen molar-refractivity contribution in [3.8, 4) is 6.07 Å². The number of aryl methyl sites for hydroxylation is 1. The first kappa shape index (κ1) is 12.9. The van der Waals surface area contributed by atoms with Crippen LogP contribution in [-0.4, -0.2) is 9.97 Å². The van der Waals surface area contributed by atoms with Gasteiger partial charge in [0, 0.05) is 11.9 Å². The molecule has 92 valence electrons. The summed E-state index contributed by atoms with van der Waals surface area (Å²) in [5.41, 5.74) is 3.01. The Labute approximate surface area is 115 Å². The van der Waals surface area contributed by atoms with Crippen LogP contribution >= 0.6 is 23.4 Å². The third-order valence-electron chi connectivity index (χ3n) is 2.49. The van der Waals surface area contributed by atoms with Gasteiger partial charge < -0.3 is 5.32 Å². The topological polar surface area (TPSA) is 61.6 Å². The van der Waals surface area contributed by atoms with Gasteiger partial charge in [-0.25, -0.2) is 9.97 Å². The fraction of sp³-hybridized carbons (Fsp3) is 0.250. The van der Waals surface area contributed by atoms with Crippen molar-refractivity contribution in [2.75, 3.05) is 0 Å². The van der Waals surface area contributed by atoms with Crippen LogP contribution < -0.4 is 5.32 Å². The smallest absolute Gasteiger partial charge is 0.222 e. The van der Waals surface area contributed by atoms with Gasteiger partial charge in [0.2, 0.25) is 5.28 Å². The molecule has 1 aromatic heterocycles. The van der Waals surface area contributed by atoms with Gasteiger partial charge in [0.25, 0.3) is 0 Å². The Morgan fingerprint density at radius 1 is 1.61 bits per heavy atom. The van der Waals surface area contributed by atoms with E-state index < -0.39 is 0 Å². The number of hydrogen-bond donors (Lipinski definition) is 1. The quantitative estimate of drug-likeness (QED) is 0.665. The predicted octanol–water partition coefficient (Wildman–Crippen LogP) is 3.22. The summed E-state index contributed by atoms with van der Waals surface area (Å²) in [6, 6.07) is 2.19. The van der Waals surface area contributed by atoms with Crippen molar-refractivity contribution in [1.82, 2.24) is 15.3 Å². The number of nitrogens with zero attached hydrogens (tertiary/aromatic N) is 3. The highest BCUT2D eigenvalue weighted by Crippen LogP contribution is 2.32. The number of hydrogen-bond acceptors (Lipinski definition) is 5. The number of nitriles is 1. The molecule has 4 nitrogen and oxygen atoms in total. The minimum absolute atomic E-state index is 0.149. The molecule has 0 aliphatic carbocycles. The normalized spacial score (nSPS) is 16.9. The van der Waals surface area contributed by atoms with Gasteiger partial charge in [-0.1, -0.05) is 18.7 Å². The van der Waals surface area contributed by atoms with Crippen LogP contribution in [0.5, 0.6) is 0 Å². The molecule has 1 aliphatic rings. The van der Waals surface area contributed by atoms with Crippen molar-refractivity contribution in [3.05, 3.63) is 38.9 Å². The van der Waals surface area contributed by atoms with Crippen molar-refractivity contribution in [3.63, 3.8) is 0 Å². The molecule has 0 amide bonds. The van der Waals surface area contributed by atoms with Crippen molar-refractivity contribution in [2.45, 2.75) is 20.3 Å². The lowest BCUT2D eigenvalue weighted by Crippen LogP contribution is -2.07. The average molecular weight is 279 g/mol. The molecule has 0 saturated heterocycles. The summed E-state index contributed by atoms with van der Waals surface area (Å²) in [4.78, 5) is 8.03. The highest BCUT2D eigenvalue weighted by molar-refractivity contribution is 8.06. The maximum absolute atomic E-state index is 9.33. The molecule has 2 rings (SSSR count). The van der Waals surface area contributed by atoms with E-state index in [2.05, 4.69) is 28.3 Å². The molecule has 1 aliphatic heterocycles. The van der Waals surface area contributed by atoms with E-state index in [-0.39, 0.29) is 5.28 Å². The minimum atomic E-state index is 0.149. The van der Waals surface area contributed by atoms with Gasteiger partial charge in [-0.05, 0) is 35.9 Å². The molecule has 0 fully saturated rings. The van der Waals surface area contributed by atoms with Gasteiger partial charge in [-0.3, -0.25) is 0 Å². The Bertz CT molecular complexity index is 586. The third-order valence-corrected chi connectivity index (χ3v) is 3.62. The van der Waals surface area contributed by atoms with E-state index in [0.29, 0.717) is 11.3 Å². The molecular weight excluding hydrogens is 268 g/mol. The minimum Gasteiger partial charge on any atom is -0.352 e. The molecule has 0 bridgehead atoms. The molecule has 1 N–H and O–H groups in total. The number of aromatic nitrogens is 2. The molecule has 1 aromatic rings. The van der Waals surface area contributed by atoms with Crippen LogP contribution in [0.3, 0.4) is 0 Å². The third kappa shape index (κ3) is 2.50. The highest BCUT2D eigenvalue weighted by Gasteiger charge is 2.18. The lowest BCUT2D eigenvalue weighted by Gasteiger charge is -2.07. The lowest BCUT2D eigenvalue weighted by molar-refractivity contribution is 0.950.